The van der Waals surface area contributed by atoms with E-state index in [0.29, 0.717) is 25.2 Å². The van der Waals surface area contributed by atoms with Gasteiger partial charge in [0.05, 0.1) is 4.90 Å². The van der Waals surface area contributed by atoms with E-state index >= 15 is 0 Å². The normalized spacial score (nSPS) is 18.0. The summed E-state index contributed by atoms with van der Waals surface area (Å²) in [5.41, 5.74) is 3.43. The van der Waals surface area contributed by atoms with Crippen molar-refractivity contribution in [2.24, 2.45) is 0 Å². The largest absolute Gasteiger partial charge is 0.372 e. The zero-order valence-electron chi connectivity index (χ0n) is 19.6. The molecule has 178 valence electrons. The molecule has 2 aromatic carbocycles. The summed E-state index contributed by atoms with van der Waals surface area (Å²) in [5.74, 6) is -0.250. The molecular weight excluding hydrogens is 434 g/mol. The molecule has 4 rings (SSSR count). The summed E-state index contributed by atoms with van der Waals surface area (Å²) in [6, 6.07) is 13.2. The van der Waals surface area contributed by atoms with Gasteiger partial charge in [-0.1, -0.05) is 31.0 Å². The maximum absolute atomic E-state index is 13.2. The number of carbonyl (C=O) groups excluding carboxylic acids is 1. The van der Waals surface area contributed by atoms with Gasteiger partial charge in [-0.2, -0.15) is 4.31 Å². The molecule has 0 bridgehead atoms. The fourth-order valence-corrected chi connectivity index (χ4v) is 6.24. The maximum Gasteiger partial charge on any atom is 0.251 e. The van der Waals surface area contributed by atoms with Gasteiger partial charge in [0, 0.05) is 44.0 Å². The average Bonchev–Trinajstić information content (AvgIpc) is 3.14. The molecule has 2 aliphatic rings. The first kappa shape index (κ1) is 23.8. The van der Waals surface area contributed by atoms with E-state index in [-0.39, 0.29) is 10.8 Å². The molecule has 0 atom stereocenters. The minimum Gasteiger partial charge on any atom is -0.372 e. The first-order valence-corrected chi connectivity index (χ1v) is 13.6. The first-order chi connectivity index (χ1) is 15.9. The molecular formula is C26H35N3O3S. The molecule has 2 heterocycles. The second kappa shape index (κ2) is 10.7. The SMILES string of the molecule is Cc1ccc(S(=O)(=O)N2CCCCCC2)cc1C(=O)NCc1ccc(N2CCCCC2)cc1. The number of sulfonamides is 1. The summed E-state index contributed by atoms with van der Waals surface area (Å²) in [6.07, 6.45) is 7.68. The molecule has 0 aliphatic carbocycles. The number of anilines is 1. The van der Waals surface area contributed by atoms with Gasteiger partial charge >= 0.3 is 0 Å². The minimum absolute atomic E-state index is 0.200. The van der Waals surface area contributed by atoms with Gasteiger partial charge in [0.1, 0.15) is 0 Å². The van der Waals surface area contributed by atoms with E-state index in [1.54, 1.807) is 16.4 Å². The lowest BCUT2D eigenvalue weighted by Gasteiger charge is -2.28. The summed E-state index contributed by atoms with van der Waals surface area (Å²) in [5, 5.41) is 2.96. The van der Waals surface area contributed by atoms with Crippen LogP contribution < -0.4 is 10.2 Å². The van der Waals surface area contributed by atoms with Crippen molar-refractivity contribution in [3.8, 4) is 0 Å². The predicted molar refractivity (Wildman–Crippen MR) is 132 cm³/mol. The molecule has 0 aromatic heterocycles. The van der Waals surface area contributed by atoms with Crippen molar-refractivity contribution in [1.29, 1.82) is 0 Å². The summed E-state index contributed by atoms with van der Waals surface area (Å²) in [7, 11) is -3.59. The van der Waals surface area contributed by atoms with Crippen LogP contribution in [0.15, 0.2) is 47.4 Å². The Balaban J connectivity index is 1.42. The molecule has 2 saturated heterocycles. The van der Waals surface area contributed by atoms with Crippen molar-refractivity contribution in [3.63, 3.8) is 0 Å². The van der Waals surface area contributed by atoms with E-state index in [2.05, 4.69) is 34.5 Å². The highest BCUT2D eigenvalue weighted by atomic mass is 32.2. The molecule has 1 amide bonds. The number of nitrogens with zero attached hydrogens (tertiary/aromatic N) is 2. The quantitative estimate of drug-likeness (QED) is 0.677. The summed E-state index contributed by atoms with van der Waals surface area (Å²) < 4.78 is 27.9. The van der Waals surface area contributed by atoms with E-state index in [0.717, 1.165) is 49.9 Å². The van der Waals surface area contributed by atoms with Gasteiger partial charge < -0.3 is 10.2 Å². The second-order valence-corrected chi connectivity index (χ2v) is 11.1. The van der Waals surface area contributed by atoms with Crippen LogP contribution in [0.4, 0.5) is 5.69 Å². The summed E-state index contributed by atoms with van der Waals surface area (Å²) in [4.78, 5) is 15.5. The lowest BCUT2D eigenvalue weighted by molar-refractivity contribution is 0.0950. The van der Waals surface area contributed by atoms with E-state index in [1.807, 2.05) is 6.92 Å². The van der Waals surface area contributed by atoms with Crippen molar-refractivity contribution in [2.75, 3.05) is 31.1 Å². The molecule has 1 N–H and O–H groups in total. The number of piperidine rings is 1. The van der Waals surface area contributed by atoms with Gasteiger partial charge in [-0.25, -0.2) is 8.42 Å². The number of carbonyl (C=O) groups is 1. The van der Waals surface area contributed by atoms with Gasteiger partial charge in [-0.15, -0.1) is 0 Å². The molecule has 6 nitrogen and oxygen atoms in total. The average molecular weight is 470 g/mol. The van der Waals surface area contributed by atoms with E-state index in [1.165, 1.54) is 31.0 Å². The summed E-state index contributed by atoms with van der Waals surface area (Å²) >= 11 is 0. The number of benzene rings is 2. The van der Waals surface area contributed by atoms with E-state index < -0.39 is 10.0 Å². The van der Waals surface area contributed by atoms with Crippen LogP contribution in [0.3, 0.4) is 0 Å². The van der Waals surface area contributed by atoms with Crippen LogP contribution in [0.2, 0.25) is 0 Å². The van der Waals surface area contributed by atoms with E-state index in [9.17, 15) is 13.2 Å². The Labute approximate surface area is 198 Å². The molecule has 33 heavy (non-hydrogen) atoms. The second-order valence-electron chi connectivity index (χ2n) is 9.19. The van der Waals surface area contributed by atoms with Crippen molar-refractivity contribution < 1.29 is 13.2 Å². The van der Waals surface area contributed by atoms with Gasteiger partial charge in [-0.05, 0) is 74.4 Å². The highest BCUT2D eigenvalue weighted by molar-refractivity contribution is 7.89. The van der Waals surface area contributed by atoms with Gasteiger partial charge in [0.2, 0.25) is 10.0 Å². The molecule has 0 saturated carbocycles. The third-order valence-electron chi connectivity index (χ3n) is 6.77. The number of hydrogen-bond acceptors (Lipinski definition) is 4. The zero-order valence-corrected chi connectivity index (χ0v) is 20.4. The molecule has 7 heteroatoms. The molecule has 2 aromatic rings. The Morgan fingerprint density at radius 3 is 2.12 bits per heavy atom. The molecule has 0 radical (unpaired) electrons. The van der Waals surface area contributed by atoms with Gasteiger partial charge in [0.15, 0.2) is 0 Å². The molecule has 2 fully saturated rings. The number of nitrogens with one attached hydrogen (secondary N) is 1. The van der Waals surface area contributed by atoms with Crippen LogP contribution in [0.5, 0.6) is 0 Å². The Morgan fingerprint density at radius 1 is 0.848 bits per heavy atom. The molecule has 0 spiro atoms. The highest BCUT2D eigenvalue weighted by Crippen LogP contribution is 2.23. The van der Waals surface area contributed by atoms with Crippen LogP contribution >= 0.6 is 0 Å². The van der Waals surface area contributed by atoms with Crippen LogP contribution in [0.1, 0.15) is 66.4 Å². The molecule has 0 unspecified atom stereocenters. The number of aryl methyl sites for hydroxylation is 1. The van der Waals surface area contributed by atoms with Crippen molar-refractivity contribution in [1.82, 2.24) is 9.62 Å². The van der Waals surface area contributed by atoms with Crippen molar-refractivity contribution in [2.45, 2.75) is 63.3 Å². The predicted octanol–water partition coefficient (Wildman–Crippen LogP) is 4.48. The third kappa shape index (κ3) is 5.76. The Hall–Kier alpha value is -2.38. The number of hydrogen-bond donors (Lipinski definition) is 1. The summed E-state index contributed by atoms with van der Waals surface area (Å²) in [6.45, 7) is 5.54. The highest BCUT2D eigenvalue weighted by Gasteiger charge is 2.26. The maximum atomic E-state index is 13.2. The fraction of sp³-hybridized carbons (Fsp3) is 0.500. The lowest BCUT2D eigenvalue weighted by atomic mass is 10.1. The first-order valence-electron chi connectivity index (χ1n) is 12.2. The van der Waals surface area contributed by atoms with Crippen LogP contribution in [0, 0.1) is 6.92 Å². The van der Waals surface area contributed by atoms with Crippen molar-refractivity contribution >= 4 is 21.6 Å². The Morgan fingerprint density at radius 2 is 1.45 bits per heavy atom. The van der Waals surface area contributed by atoms with Crippen LogP contribution in [-0.4, -0.2) is 44.8 Å². The van der Waals surface area contributed by atoms with Gasteiger partial charge in [-0.3, -0.25) is 4.79 Å². The number of rotatable bonds is 6. The third-order valence-corrected chi connectivity index (χ3v) is 8.66. The molecule has 2 aliphatic heterocycles. The lowest BCUT2D eigenvalue weighted by Crippen LogP contribution is -2.32. The van der Waals surface area contributed by atoms with Crippen molar-refractivity contribution in [3.05, 3.63) is 59.2 Å². The van der Waals surface area contributed by atoms with E-state index in [4.69, 9.17) is 0 Å². The Kier molecular flexibility index (Phi) is 7.71. The monoisotopic (exact) mass is 469 g/mol. The Bertz CT molecular complexity index is 1050. The smallest absolute Gasteiger partial charge is 0.251 e. The van der Waals surface area contributed by atoms with Gasteiger partial charge in [0.25, 0.3) is 5.91 Å². The van der Waals surface area contributed by atoms with Crippen LogP contribution in [-0.2, 0) is 16.6 Å². The fourth-order valence-electron chi connectivity index (χ4n) is 4.69. The minimum atomic E-state index is -3.59. The topological polar surface area (TPSA) is 69.7 Å². The zero-order chi connectivity index (χ0) is 23.3. The number of amides is 1. The standard InChI is InChI=1S/C26H35N3O3S/c1-21-9-14-24(33(31,32)29-17-7-2-3-8-18-29)19-25(21)26(30)27-20-22-10-12-23(13-11-22)28-15-5-4-6-16-28/h9-14,19H,2-8,15-18,20H2,1H3,(H,27,30). The van der Waals surface area contributed by atoms with Crippen LogP contribution in [0.25, 0.3) is 0 Å².